The summed E-state index contributed by atoms with van der Waals surface area (Å²) in [4.78, 5) is 23.3. The molecule has 0 atom stereocenters. The lowest BCUT2D eigenvalue weighted by atomic mass is 10.2. The zero-order valence-electron chi connectivity index (χ0n) is 8.83. The third-order valence-electron chi connectivity index (χ3n) is 1.56. The maximum atomic E-state index is 11.2. The first-order valence-electron chi connectivity index (χ1n) is 4.45. The summed E-state index contributed by atoms with van der Waals surface area (Å²) in [5, 5.41) is 2.69. The van der Waals surface area contributed by atoms with Gasteiger partial charge in [0.2, 0.25) is 5.91 Å². The Morgan fingerprint density at radius 2 is 2.00 bits per heavy atom. The average molecular weight is 202 g/mol. The predicted molar refractivity (Wildman–Crippen MR) is 53.2 cm³/mol. The van der Waals surface area contributed by atoms with E-state index in [4.69, 9.17) is 5.84 Å². The molecule has 3 amide bonds. The first kappa shape index (κ1) is 12.7. The molecule has 0 spiro atoms. The summed E-state index contributed by atoms with van der Waals surface area (Å²) in [6, 6.07) is -0.482. The molecule has 0 unspecified atom stereocenters. The number of hydrazine groups is 1. The minimum atomic E-state index is -0.482. The van der Waals surface area contributed by atoms with Crippen LogP contribution in [0.15, 0.2) is 0 Å². The molecular weight excluding hydrogens is 184 g/mol. The molecule has 0 aromatic carbocycles. The normalized spacial score (nSPS) is 9.79. The van der Waals surface area contributed by atoms with Crippen LogP contribution in [-0.2, 0) is 4.79 Å². The smallest absolute Gasteiger partial charge is 0.331 e. The largest absolute Gasteiger partial charge is 0.354 e. The Bertz CT molecular complexity index is 206. The Kier molecular flexibility index (Phi) is 5.62. The highest BCUT2D eigenvalue weighted by Crippen LogP contribution is 1.88. The molecule has 0 bridgehead atoms. The summed E-state index contributed by atoms with van der Waals surface area (Å²) >= 11 is 0. The number of urea groups is 1. The third-order valence-corrected chi connectivity index (χ3v) is 1.56. The molecule has 0 aliphatic carbocycles. The molecule has 6 nitrogen and oxygen atoms in total. The van der Waals surface area contributed by atoms with Gasteiger partial charge in [0.05, 0.1) is 0 Å². The molecule has 0 heterocycles. The molecule has 0 saturated carbocycles. The minimum absolute atomic E-state index is 0.00968. The summed E-state index contributed by atoms with van der Waals surface area (Å²) in [5.41, 5.74) is 1.94. The van der Waals surface area contributed by atoms with Gasteiger partial charge in [-0.3, -0.25) is 10.2 Å². The fraction of sp³-hybridized carbons (Fsp3) is 0.750. The second kappa shape index (κ2) is 6.20. The molecule has 0 fully saturated rings. The Morgan fingerprint density at radius 3 is 2.43 bits per heavy atom. The van der Waals surface area contributed by atoms with Crippen LogP contribution in [0.2, 0.25) is 0 Å². The fourth-order valence-corrected chi connectivity index (χ4v) is 0.771. The van der Waals surface area contributed by atoms with Gasteiger partial charge in [0, 0.05) is 13.6 Å². The van der Waals surface area contributed by atoms with E-state index in [0.29, 0.717) is 12.5 Å². The fourth-order valence-electron chi connectivity index (χ4n) is 0.771. The molecule has 0 radical (unpaired) electrons. The molecular formula is C8H18N4O2. The van der Waals surface area contributed by atoms with Crippen LogP contribution in [0.1, 0.15) is 13.8 Å². The van der Waals surface area contributed by atoms with Crippen LogP contribution in [0.3, 0.4) is 0 Å². The van der Waals surface area contributed by atoms with Gasteiger partial charge in [-0.25, -0.2) is 10.6 Å². The van der Waals surface area contributed by atoms with Gasteiger partial charge in [-0.2, -0.15) is 0 Å². The lowest BCUT2D eigenvalue weighted by Gasteiger charge is -2.16. The zero-order valence-corrected chi connectivity index (χ0v) is 8.83. The molecule has 0 rings (SSSR count). The van der Waals surface area contributed by atoms with Crippen molar-refractivity contribution in [2.75, 3.05) is 20.1 Å². The van der Waals surface area contributed by atoms with E-state index in [9.17, 15) is 9.59 Å². The number of rotatable bonds is 4. The van der Waals surface area contributed by atoms with Gasteiger partial charge in [0.1, 0.15) is 6.54 Å². The number of likely N-dealkylation sites (N-methyl/N-ethyl adjacent to an activating group) is 1. The maximum Gasteiger partial charge on any atom is 0.331 e. The Balaban J connectivity index is 3.77. The number of carbonyl (C=O) groups excluding carboxylic acids is 2. The number of nitrogens with two attached hydrogens (primary N) is 1. The topological polar surface area (TPSA) is 87.5 Å². The molecule has 14 heavy (non-hydrogen) atoms. The Hall–Kier alpha value is -1.30. The van der Waals surface area contributed by atoms with Crippen molar-refractivity contribution >= 4 is 11.9 Å². The number of hydrogen-bond acceptors (Lipinski definition) is 3. The van der Waals surface area contributed by atoms with E-state index in [1.807, 2.05) is 19.3 Å². The molecule has 0 aromatic rings. The van der Waals surface area contributed by atoms with Gasteiger partial charge in [0.25, 0.3) is 0 Å². The van der Waals surface area contributed by atoms with E-state index in [1.54, 1.807) is 0 Å². The Labute approximate surface area is 83.8 Å². The van der Waals surface area contributed by atoms with Crippen molar-refractivity contribution in [2.24, 2.45) is 11.8 Å². The van der Waals surface area contributed by atoms with E-state index in [-0.39, 0.29) is 12.5 Å². The molecule has 0 aliphatic heterocycles. The van der Waals surface area contributed by atoms with Gasteiger partial charge >= 0.3 is 6.03 Å². The van der Waals surface area contributed by atoms with Crippen LogP contribution in [0.4, 0.5) is 4.79 Å². The van der Waals surface area contributed by atoms with Crippen LogP contribution in [0.5, 0.6) is 0 Å². The average Bonchev–Trinajstić information content (AvgIpc) is 2.13. The van der Waals surface area contributed by atoms with Crippen molar-refractivity contribution in [3.8, 4) is 0 Å². The second-order valence-corrected chi connectivity index (χ2v) is 3.50. The van der Waals surface area contributed by atoms with Gasteiger partial charge in [-0.05, 0) is 5.92 Å². The summed E-state index contributed by atoms with van der Waals surface area (Å²) in [7, 11) is 1.50. The maximum absolute atomic E-state index is 11.2. The summed E-state index contributed by atoms with van der Waals surface area (Å²) in [5.74, 6) is 5.10. The van der Waals surface area contributed by atoms with Crippen LogP contribution >= 0.6 is 0 Å². The van der Waals surface area contributed by atoms with Crippen LogP contribution in [0, 0.1) is 5.92 Å². The minimum Gasteiger partial charge on any atom is -0.354 e. The van der Waals surface area contributed by atoms with E-state index in [0.717, 1.165) is 0 Å². The van der Waals surface area contributed by atoms with E-state index in [2.05, 4.69) is 5.32 Å². The van der Waals surface area contributed by atoms with Crippen molar-refractivity contribution in [2.45, 2.75) is 13.8 Å². The first-order valence-corrected chi connectivity index (χ1v) is 4.45. The monoisotopic (exact) mass is 202 g/mol. The zero-order chi connectivity index (χ0) is 11.1. The number of carbonyl (C=O) groups is 2. The first-order chi connectivity index (χ1) is 6.47. The van der Waals surface area contributed by atoms with Gasteiger partial charge in [-0.1, -0.05) is 13.8 Å². The second-order valence-electron chi connectivity index (χ2n) is 3.50. The van der Waals surface area contributed by atoms with Crippen LogP contribution in [-0.4, -0.2) is 37.0 Å². The SMILES string of the molecule is CC(C)CNC(=O)CN(C)C(=O)NN. The highest BCUT2D eigenvalue weighted by Gasteiger charge is 2.10. The molecule has 0 aliphatic rings. The number of nitrogens with one attached hydrogen (secondary N) is 2. The number of hydrogen-bond donors (Lipinski definition) is 3. The summed E-state index contributed by atoms with van der Waals surface area (Å²) in [6.45, 7) is 4.61. The van der Waals surface area contributed by atoms with E-state index < -0.39 is 6.03 Å². The van der Waals surface area contributed by atoms with Gasteiger partial charge in [0.15, 0.2) is 0 Å². The molecule has 0 saturated heterocycles. The third kappa shape index (κ3) is 5.36. The number of nitrogens with zero attached hydrogens (tertiary/aromatic N) is 1. The van der Waals surface area contributed by atoms with Crippen molar-refractivity contribution in [3.63, 3.8) is 0 Å². The van der Waals surface area contributed by atoms with Gasteiger partial charge in [-0.15, -0.1) is 0 Å². The molecule has 82 valence electrons. The lowest BCUT2D eigenvalue weighted by Crippen LogP contribution is -2.46. The van der Waals surface area contributed by atoms with Crippen molar-refractivity contribution in [3.05, 3.63) is 0 Å². The van der Waals surface area contributed by atoms with Crippen LogP contribution in [0.25, 0.3) is 0 Å². The molecule has 4 N–H and O–H groups in total. The molecule has 0 aromatic heterocycles. The van der Waals surface area contributed by atoms with Crippen molar-refractivity contribution < 1.29 is 9.59 Å². The predicted octanol–water partition coefficient (Wildman–Crippen LogP) is -0.726. The molecule has 6 heteroatoms. The lowest BCUT2D eigenvalue weighted by molar-refractivity contribution is -0.121. The summed E-state index contributed by atoms with van der Waals surface area (Å²) in [6.07, 6.45) is 0. The van der Waals surface area contributed by atoms with E-state index in [1.165, 1.54) is 11.9 Å². The number of amides is 3. The van der Waals surface area contributed by atoms with Crippen molar-refractivity contribution in [1.29, 1.82) is 0 Å². The summed E-state index contributed by atoms with van der Waals surface area (Å²) < 4.78 is 0. The highest BCUT2D eigenvalue weighted by atomic mass is 16.2. The van der Waals surface area contributed by atoms with Crippen LogP contribution < -0.4 is 16.6 Å². The quantitative estimate of drug-likeness (QED) is 0.319. The Morgan fingerprint density at radius 1 is 1.43 bits per heavy atom. The van der Waals surface area contributed by atoms with Crippen molar-refractivity contribution in [1.82, 2.24) is 15.6 Å². The van der Waals surface area contributed by atoms with Gasteiger partial charge < -0.3 is 10.2 Å². The highest BCUT2D eigenvalue weighted by molar-refractivity contribution is 5.83. The standard InChI is InChI=1S/C8H18N4O2/c1-6(2)4-10-7(13)5-12(3)8(14)11-9/h6H,4-5,9H2,1-3H3,(H,10,13)(H,11,14). The van der Waals surface area contributed by atoms with E-state index >= 15 is 0 Å².